The van der Waals surface area contributed by atoms with Crippen LogP contribution < -0.4 is 10.4 Å². The number of hydrogen-bond acceptors (Lipinski definition) is 2. The highest BCUT2D eigenvalue weighted by Gasteiger charge is 2.29. The summed E-state index contributed by atoms with van der Waals surface area (Å²) < 4.78 is 0. The van der Waals surface area contributed by atoms with Gasteiger partial charge in [0.2, 0.25) is 0 Å². The van der Waals surface area contributed by atoms with Gasteiger partial charge in [-0.25, -0.2) is 0 Å². The first-order valence-electron chi connectivity index (χ1n) is 4.62. The van der Waals surface area contributed by atoms with Crippen molar-refractivity contribution in [1.82, 2.24) is 10.4 Å². The molecule has 1 rings (SSSR count). The fourth-order valence-electron chi connectivity index (χ4n) is 2.05. The standard InChI is InChI=1S/C9H21N2P/c1-8(2)5-9(3,4)11-12-7-10-6-8/h10-12H,5-7H2,1-4H3. The summed E-state index contributed by atoms with van der Waals surface area (Å²) in [6, 6.07) is 0. The lowest BCUT2D eigenvalue weighted by atomic mass is 9.80. The van der Waals surface area contributed by atoms with Crippen LogP contribution in [-0.2, 0) is 0 Å². The average Bonchev–Trinajstić information content (AvgIpc) is 1.80. The second-order valence-corrected chi connectivity index (χ2v) is 6.09. The smallest absolute Gasteiger partial charge is 0.0260 e. The van der Waals surface area contributed by atoms with Gasteiger partial charge < -0.3 is 5.32 Å². The van der Waals surface area contributed by atoms with Crippen molar-refractivity contribution in [2.24, 2.45) is 5.41 Å². The summed E-state index contributed by atoms with van der Waals surface area (Å²) in [6.45, 7) is 10.4. The minimum Gasteiger partial charge on any atom is -0.311 e. The molecule has 1 aliphatic rings. The zero-order valence-electron chi connectivity index (χ0n) is 8.62. The molecule has 0 aromatic heterocycles. The van der Waals surface area contributed by atoms with E-state index < -0.39 is 0 Å². The predicted octanol–water partition coefficient (Wildman–Crippen LogP) is 1.93. The second kappa shape index (κ2) is 3.61. The molecule has 1 unspecified atom stereocenters. The van der Waals surface area contributed by atoms with Gasteiger partial charge in [-0.15, -0.1) is 0 Å². The number of rotatable bonds is 0. The Hall–Kier alpha value is 0.350. The van der Waals surface area contributed by atoms with Crippen LogP contribution in [0.15, 0.2) is 0 Å². The molecule has 0 aromatic rings. The van der Waals surface area contributed by atoms with Gasteiger partial charge in [-0.05, 0) is 34.4 Å². The first-order valence-corrected chi connectivity index (χ1v) is 5.83. The molecule has 12 heavy (non-hydrogen) atoms. The molecule has 2 N–H and O–H groups in total. The molecule has 0 spiro atoms. The third-order valence-corrected chi connectivity index (χ3v) is 3.44. The minimum absolute atomic E-state index is 0.310. The van der Waals surface area contributed by atoms with Crippen molar-refractivity contribution < 1.29 is 0 Å². The molecule has 0 aromatic carbocycles. The molecule has 1 aliphatic heterocycles. The van der Waals surface area contributed by atoms with Crippen LogP contribution >= 0.6 is 8.73 Å². The fourth-order valence-corrected chi connectivity index (χ4v) is 2.96. The SMILES string of the molecule is CC1(C)CNCPNC(C)(C)C1. The number of hydrogen-bond donors (Lipinski definition) is 2. The van der Waals surface area contributed by atoms with Crippen LogP contribution in [0, 0.1) is 5.41 Å². The molecule has 1 atom stereocenters. The van der Waals surface area contributed by atoms with Gasteiger partial charge in [0.05, 0.1) is 0 Å². The van der Waals surface area contributed by atoms with E-state index in [9.17, 15) is 0 Å². The van der Waals surface area contributed by atoms with Crippen LogP contribution in [0.2, 0.25) is 0 Å². The van der Waals surface area contributed by atoms with Gasteiger partial charge in [0.1, 0.15) is 0 Å². The van der Waals surface area contributed by atoms with Crippen LogP contribution in [0.1, 0.15) is 34.1 Å². The van der Waals surface area contributed by atoms with Crippen molar-refractivity contribution in [3.8, 4) is 0 Å². The zero-order chi connectivity index (χ0) is 9.24. The minimum atomic E-state index is 0.310. The van der Waals surface area contributed by atoms with Gasteiger partial charge in [-0.1, -0.05) is 13.8 Å². The third kappa shape index (κ3) is 3.38. The summed E-state index contributed by atoms with van der Waals surface area (Å²) in [4.78, 5) is 0. The van der Waals surface area contributed by atoms with Crippen molar-refractivity contribution in [1.29, 1.82) is 0 Å². The van der Waals surface area contributed by atoms with Crippen LogP contribution in [0.3, 0.4) is 0 Å². The fraction of sp³-hybridized carbons (Fsp3) is 1.00. The Morgan fingerprint density at radius 3 is 2.50 bits per heavy atom. The predicted molar refractivity (Wildman–Crippen MR) is 56.8 cm³/mol. The average molecular weight is 188 g/mol. The molecule has 0 bridgehead atoms. The molecular formula is C9H21N2P. The molecule has 1 saturated heterocycles. The van der Waals surface area contributed by atoms with E-state index in [1.807, 2.05) is 0 Å². The zero-order valence-corrected chi connectivity index (χ0v) is 9.62. The van der Waals surface area contributed by atoms with Crippen LogP contribution in [0.25, 0.3) is 0 Å². The monoisotopic (exact) mass is 188 g/mol. The quantitative estimate of drug-likeness (QED) is 0.567. The molecule has 2 nitrogen and oxygen atoms in total. The molecule has 1 heterocycles. The Labute approximate surface area is 77.7 Å². The Bertz CT molecular complexity index is 139. The van der Waals surface area contributed by atoms with Crippen LogP contribution in [-0.4, -0.2) is 18.4 Å². The van der Waals surface area contributed by atoms with Crippen molar-refractivity contribution in [3.05, 3.63) is 0 Å². The summed E-state index contributed by atoms with van der Waals surface area (Å²) in [6.07, 6.45) is 2.35. The summed E-state index contributed by atoms with van der Waals surface area (Å²) in [5, 5.41) is 7.05. The Morgan fingerprint density at radius 1 is 1.17 bits per heavy atom. The van der Waals surface area contributed by atoms with E-state index in [2.05, 4.69) is 38.1 Å². The molecule has 0 aliphatic carbocycles. The highest BCUT2D eigenvalue weighted by Crippen LogP contribution is 2.30. The van der Waals surface area contributed by atoms with E-state index in [-0.39, 0.29) is 0 Å². The maximum absolute atomic E-state index is 3.58. The van der Waals surface area contributed by atoms with E-state index in [1.54, 1.807) is 0 Å². The van der Waals surface area contributed by atoms with E-state index >= 15 is 0 Å². The summed E-state index contributed by atoms with van der Waals surface area (Å²) in [5.41, 5.74) is 0.728. The number of nitrogens with one attached hydrogen (secondary N) is 2. The molecule has 72 valence electrons. The van der Waals surface area contributed by atoms with Crippen molar-refractivity contribution in [2.45, 2.75) is 39.7 Å². The lowest BCUT2D eigenvalue weighted by molar-refractivity contribution is 0.237. The largest absolute Gasteiger partial charge is 0.311 e. The lowest BCUT2D eigenvalue weighted by Gasteiger charge is -2.38. The van der Waals surface area contributed by atoms with Gasteiger partial charge in [0.25, 0.3) is 0 Å². The van der Waals surface area contributed by atoms with Crippen LogP contribution in [0.4, 0.5) is 0 Å². The normalized spacial score (nSPS) is 31.0. The summed E-state index contributed by atoms with van der Waals surface area (Å²) in [7, 11) is 0.857. The van der Waals surface area contributed by atoms with E-state index in [0.29, 0.717) is 11.0 Å². The summed E-state index contributed by atoms with van der Waals surface area (Å²) in [5.74, 6) is 0. The van der Waals surface area contributed by atoms with Crippen molar-refractivity contribution in [2.75, 3.05) is 12.8 Å². The highest BCUT2D eigenvalue weighted by atomic mass is 31.1. The molecular weight excluding hydrogens is 167 g/mol. The van der Waals surface area contributed by atoms with Gasteiger partial charge in [-0.2, -0.15) is 0 Å². The first-order chi connectivity index (χ1) is 5.41. The first kappa shape index (κ1) is 10.4. The molecule has 1 fully saturated rings. The van der Waals surface area contributed by atoms with Gasteiger partial charge in [0.15, 0.2) is 0 Å². The third-order valence-electron chi connectivity index (χ3n) is 2.16. The maximum Gasteiger partial charge on any atom is 0.0260 e. The Morgan fingerprint density at radius 2 is 1.83 bits per heavy atom. The van der Waals surface area contributed by atoms with E-state index in [4.69, 9.17) is 0 Å². The maximum atomic E-state index is 3.58. The Kier molecular flexibility index (Phi) is 3.14. The molecule has 3 heteroatoms. The van der Waals surface area contributed by atoms with Crippen molar-refractivity contribution >= 4 is 8.73 Å². The summed E-state index contributed by atoms with van der Waals surface area (Å²) >= 11 is 0. The van der Waals surface area contributed by atoms with Gasteiger partial charge in [-0.3, -0.25) is 5.09 Å². The topological polar surface area (TPSA) is 24.1 Å². The second-order valence-electron chi connectivity index (χ2n) is 5.13. The highest BCUT2D eigenvalue weighted by molar-refractivity contribution is 7.35. The van der Waals surface area contributed by atoms with Crippen LogP contribution in [0.5, 0.6) is 0 Å². The molecule has 0 radical (unpaired) electrons. The van der Waals surface area contributed by atoms with Crippen molar-refractivity contribution in [3.63, 3.8) is 0 Å². The van der Waals surface area contributed by atoms with E-state index in [0.717, 1.165) is 21.6 Å². The van der Waals surface area contributed by atoms with Gasteiger partial charge in [0, 0.05) is 18.4 Å². The lowest BCUT2D eigenvalue weighted by Crippen LogP contribution is -2.45. The molecule has 0 saturated carbocycles. The van der Waals surface area contributed by atoms with E-state index in [1.165, 1.54) is 6.42 Å². The Balaban J connectivity index is 2.58. The molecule has 0 amide bonds. The van der Waals surface area contributed by atoms with Gasteiger partial charge >= 0.3 is 0 Å².